The molecule has 0 spiro atoms. The van der Waals surface area contributed by atoms with Crippen molar-refractivity contribution in [3.8, 4) is 0 Å². The average molecular weight is 1470 g/mol. The van der Waals surface area contributed by atoms with Crippen LogP contribution in [0.2, 0.25) is 0 Å². The van der Waals surface area contributed by atoms with Gasteiger partial charge in [0.2, 0.25) is 0 Å². The second-order valence-corrected chi connectivity index (χ2v) is 33.5. The summed E-state index contributed by atoms with van der Waals surface area (Å²) in [6, 6.07) is 0. The van der Waals surface area contributed by atoms with Gasteiger partial charge in [0.15, 0.2) is 12.2 Å². The third kappa shape index (κ3) is 71.7. The number of carbonyl (C=O) groups excluding carboxylic acids is 4. The highest BCUT2D eigenvalue weighted by atomic mass is 31.2. The minimum atomic E-state index is -4.96. The largest absolute Gasteiger partial charge is 0.472 e. The SMILES string of the molecule is CCC(C)CCCCCCCCCCC(=O)O[C@H](COC(=O)CCCCCCCCCCCCCCCCC(C)C)COP(=O)(O)OC[C@@H](O)COP(=O)(O)OC[C@@H](COC(=O)CCCCCCCCC(C)CC)OC(=O)CCCCCCCCCCCCCCCCCCCCC(C)C. The lowest BCUT2D eigenvalue weighted by atomic mass is 9.99. The van der Waals surface area contributed by atoms with Crippen LogP contribution in [-0.4, -0.2) is 96.7 Å². The molecule has 0 heterocycles. The summed E-state index contributed by atoms with van der Waals surface area (Å²) in [6.45, 7) is 14.3. The second kappa shape index (κ2) is 70.1. The predicted octanol–water partition coefficient (Wildman–Crippen LogP) is 24.0. The smallest absolute Gasteiger partial charge is 0.462 e. The first-order chi connectivity index (χ1) is 48.2. The summed E-state index contributed by atoms with van der Waals surface area (Å²) in [6.07, 6.45) is 57.0. The van der Waals surface area contributed by atoms with Crippen LogP contribution in [0, 0.1) is 23.7 Å². The lowest BCUT2D eigenvalue weighted by Crippen LogP contribution is -2.30. The van der Waals surface area contributed by atoms with Crippen LogP contribution in [0.4, 0.5) is 0 Å². The van der Waals surface area contributed by atoms with Gasteiger partial charge in [-0.15, -0.1) is 0 Å². The van der Waals surface area contributed by atoms with E-state index < -0.39 is 97.5 Å². The summed E-state index contributed by atoms with van der Waals surface area (Å²) in [5.41, 5.74) is 0. The Morgan fingerprint density at radius 2 is 0.480 bits per heavy atom. The molecule has 594 valence electrons. The molecular formula is C81H158O17P2. The maximum Gasteiger partial charge on any atom is 0.472 e. The van der Waals surface area contributed by atoms with Gasteiger partial charge in [-0.3, -0.25) is 37.3 Å². The molecule has 0 radical (unpaired) electrons. The Morgan fingerprint density at radius 1 is 0.280 bits per heavy atom. The Bertz CT molecular complexity index is 1960. The number of phosphoric acid groups is 2. The van der Waals surface area contributed by atoms with E-state index in [2.05, 4.69) is 55.4 Å². The number of carbonyl (C=O) groups is 4. The maximum atomic E-state index is 13.1. The van der Waals surface area contributed by atoms with Gasteiger partial charge in [-0.05, 0) is 49.4 Å². The fourth-order valence-corrected chi connectivity index (χ4v) is 13.9. The van der Waals surface area contributed by atoms with Crippen molar-refractivity contribution in [1.82, 2.24) is 0 Å². The molecule has 0 fully saturated rings. The highest BCUT2D eigenvalue weighted by molar-refractivity contribution is 7.47. The van der Waals surface area contributed by atoms with Crippen molar-refractivity contribution in [1.29, 1.82) is 0 Å². The number of ether oxygens (including phenoxy) is 4. The normalized spacial score (nSPS) is 14.6. The average Bonchev–Trinajstić information content (AvgIpc) is 0.987. The molecule has 3 N–H and O–H groups in total. The van der Waals surface area contributed by atoms with E-state index in [4.69, 9.17) is 37.0 Å². The molecule has 7 atom stereocenters. The lowest BCUT2D eigenvalue weighted by molar-refractivity contribution is -0.161. The van der Waals surface area contributed by atoms with Gasteiger partial charge < -0.3 is 33.8 Å². The molecule has 0 aliphatic heterocycles. The molecule has 0 saturated heterocycles. The third-order valence-corrected chi connectivity index (χ3v) is 21.4. The maximum absolute atomic E-state index is 13.1. The number of rotatable bonds is 78. The Kier molecular flexibility index (Phi) is 68.7. The fourth-order valence-electron chi connectivity index (χ4n) is 12.4. The van der Waals surface area contributed by atoms with E-state index in [9.17, 15) is 43.2 Å². The van der Waals surface area contributed by atoms with Gasteiger partial charge in [0, 0.05) is 25.7 Å². The van der Waals surface area contributed by atoms with Crippen molar-refractivity contribution in [3.63, 3.8) is 0 Å². The van der Waals surface area contributed by atoms with Crippen LogP contribution in [0.25, 0.3) is 0 Å². The van der Waals surface area contributed by atoms with Crippen molar-refractivity contribution in [2.75, 3.05) is 39.6 Å². The van der Waals surface area contributed by atoms with Gasteiger partial charge in [-0.2, -0.15) is 0 Å². The number of hydrogen-bond acceptors (Lipinski definition) is 15. The molecule has 0 amide bonds. The summed E-state index contributed by atoms with van der Waals surface area (Å²) in [7, 11) is -9.92. The number of hydrogen-bond donors (Lipinski definition) is 3. The highest BCUT2D eigenvalue weighted by Crippen LogP contribution is 2.45. The van der Waals surface area contributed by atoms with Crippen LogP contribution >= 0.6 is 15.6 Å². The highest BCUT2D eigenvalue weighted by Gasteiger charge is 2.30. The first kappa shape index (κ1) is 98.1. The third-order valence-electron chi connectivity index (χ3n) is 19.5. The van der Waals surface area contributed by atoms with E-state index in [1.807, 2.05) is 0 Å². The zero-order valence-electron chi connectivity index (χ0n) is 65.8. The summed E-state index contributed by atoms with van der Waals surface area (Å²) in [4.78, 5) is 73.0. The molecule has 0 aliphatic carbocycles. The molecule has 0 aromatic heterocycles. The molecule has 0 aromatic carbocycles. The van der Waals surface area contributed by atoms with Crippen LogP contribution in [0.3, 0.4) is 0 Å². The number of aliphatic hydroxyl groups is 1. The zero-order chi connectivity index (χ0) is 73.8. The van der Waals surface area contributed by atoms with Gasteiger partial charge in [0.25, 0.3) is 0 Å². The van der Waals surface area contributed by atoms with Crippen molar-refractivity contribution in [3.05, 3.63) is 0 Å². The summed E-state index contributed by atoms with van der Waals surface area (Å²) < 4.78 is 68.7. The number of phosphoric ester groups is 2. The van der Waals surface area contributed by atoms with E-state index in [0.717, 1.165) is 120 Å². The van der Waals surface area contributed by atoms with Gasteiger partial charge in [0.1, 0.15) is 19.3 Å². The Labute approximate surface area is 613 Å². The van der Waals surface area contributed by atoms with Crippen molar-refractivity contribution < 1.29 is 80.2 Å². The topological polar surface area (TPSA) is 237 Å². The Balaban J connectivity index is 5.19. The van der Waals surface area contributed by atoms with Gasteiger partial charge >= 0.3 is 39.5 Å². The van der Waals surface area contributed by atoms with Gasteiger partial charge in [0.05, 0.1) is 26.4 Å². The zero-order valence-corrected chi connectivity index (χ0v) is 67.6. The van der Waals surface area contributed by atoms with Crippen LogP contribution in [-0.2, 0) is 65.4 Å². The van der Waals surface area contributed by atoms with E-state index in [-0.39, 0.29) is 25.7 Å². The van der Waals surface area contributed by atoms with Crippen LogP contribution in [0.1, 0.15) is 415 Å². The molecule has 4 unspecified atom stereocenters. The molecule has 0 saturated carbocycles. The molecule has 0 bridgehead atoms. The summed E-state index contributed by atoms with van der Waals surface area (Å²) >= 11 is 0. The molecule has 0 rings (SSSR count). The number of aliphatic hydroxyl groups excluding tert-OH is 1. The first-order valence-electron chi connectivity index (χ1n) is 41.8. The summed E-state index contributed by atoms with van der Waals surface area (Å²) in [5.74, 6) is 1.00. The lowest BCUT2D eigenvalue weighted by Gasteiger charge is -2.21. The van der Waals surface area contributed by atoms with E-state index >= 15 is 0 Å². The minimum absolute atomic E-state index is 0.105. The second-order valence-electron chi connectivity index (χ2n) is 30.6. The molecule has 100 heavy (non-hydrogen) atoms. The minimum Gasteiger partial charge on any atom is -0.462 e. The number of unbranched alkanes of at least 4 members (excludes halogenated alkanes) is 42. The monoisotopic (exact) mass is 1470 g/mol. The van der Waals surface area contributed by atoms with Gasteiger partial charge in [-0.1, -0.05) is 364 Å². The van der Waals surface area contributed by atoms with Crippen LogP contribution < -0.4 is 0 Å². The van der Waals surface area contributed by atoms with Crippen molar-refractivity contribution >= 4 is 39.5 Å². The molecular weight excluding hydrogens is 1310 g/mol. The van der Waals surface area contributed by atoms with Gasteiger partial charge in [-0.25, -0.2) is 9.13 Å². The molecule has 17 nitrogen and oxygen atoms in total. The molecule has 0 aromatic rings. The van der Waals surface area contributed by atoms with Crippen LogP contribution in [0.5, 0.6) is 0 Å². The van der Waals surface area contributed by atoms with Crippen molar-refractivity contribution in [2.45, 2.75) is 433 Å². The molecule has 0 aliphatic rings. The quantitative estimate of drug-likeness (QED) is 0.0222. The standard InChI is InChI=1S/C81H158O17P2/c1-9-73(7)59-51-43-35-31-32-38-48-56-64-81(86)98-76(67-91-78(83)61-53-45-36-29-25-21-18-17-20-24-28-34-42-50-58-72(5)6)69-95-99(87,88)93-65-75(82)66-94-100(89,90)96-70-77(68-92-79(84)62-54-46-40-39-44-52-60-74(8)10-2)97-80(85)63-55-47-37-30-26-22-16-14-12-11-13-15-19-23-27-33-41-49-57-71(3)4/h71-77,82H,9-70H2,1-8H3,(H,87,88)(H,89,90)/t73?,74?,75-,76-,77-/m1/s1. The Morgan fingerprint density at radius 3 is 0.710 bits per heavy atom. The summed E-state index contributed by atoms with van der Waals surface area (Å²) in [5, 5.41) is 10.6. The number of esters is 4. The Hall–Kier alpha value is -1.94. The van der Waals surface area contributed by atoms with Crippen molar-refractivity contribution in [2.24, 2.45) is 23.7 Å². The van der Waals surface area contributed by atoms with E-state index in [1.54, 1.807) is 0 Å². The van der Waals surface area contributed by atoms with E-state index in [0.29, 0.717) is 25.7 Å². The predicted molar refractivity (Wildman–Crippen MR) is 409 cm³/mol. The van der Waals surface area contributed by atoms with E-state index in [1.165, 1.54) is 212 Å². The molecule has 19 heteroatoms. The first-order valence-corrected chi connectivity index (χ1v) is 44.8. The van der Waals surface area contributed by atoms with Crippen LogP contribution in [0.15, 0.2) is 0 Å². The fraction of sp³-hybridized carbons (Fsp3) is 0.951.